The first-order chi connectivity index (χ1) is 5.50. The Morgan fingerprint density at radius 2 is 1.33 bits per heavy atom. The van der Waals surface area contributed by atoms with Gasteiger partial charge in [0.25, 0.3) is 6.43 Å². The van der Waals surface area contributed by atoms with E-state index in [1.54, 1.807) is 0 Å². The van der Waals surface area contributed by atoms with E-state index in [0.717, 1.165) is 0 Å². The number of hydrogen-bond acceptors (Lipinski definition) is 0. The molecule has 0 aromatic rings. The second-order valence-corrected chi connectivity index (χ2v) is 1.99. The Labute approximate surface area is 64.9 Å². The molecule has 0 aromatic carbocycles. The number of halogens is 6. The van der Waals surface area contributed by atoms with Crippen molar-refractivity contribution in [2.75, 3.05) is 0 Å². The average Bonchev–Trinajstić information content (AvgIpc) is 2.02. The van der Waals surface area contributed by atoms with Crippen molar-refractivity contribution < 1.29 is 26.3 Å². The fraction of sp³-hybridized carbons (Fsp3) is 0.667. The zero-order valence-electron chi connectivity index (χ0n) is 5.73. The van der Waals surface area contributed by atoms with Crippen LogP contribution in [0.1, 0.15) is 0 Å². The van der Waals surface area contributed by atoms with Gasteiger partial charge < -0.3 is 0 Å². The molecule has 0 aliphatic rings. The van der Waals surface area contributed by atoms with E-state index in [1.165, 1.54) is 0 Å². The molecule has 0 aliphatic heterocycles. The molecule has 0 amide bonds. The summed E-state index contributed by atoms with van der Waals surface area (Å²) in [5, 5.41) is 0. The third-order valence-electron chi connectivity index (χ3n) is 1.11. The Morgan fingerprint density at radius 1 is 0.833 bits per heavy atom. The third kappa shape index (κ3) is 3.15. The monoisotopic (exact) mass is 192 g/mol. The van der Waals surface area contributed by atoms with Crippen LogP contribution in [0.4, 0.5) is 26.3 Å². The van der Waals surface area contributed by atoms with Gasteiger partial charge in [-0.3, -0.25) is 0 Å². The van der Waals surface area contributed by atoms with Crippen molar-refractivity contribution >= 4 is 0 Å². The van der Waals surface area contributed by atoms with Gasteiger partial charge in [-0.05, 0) is 6.08 Å². The lowest BCUT2D eigenvalue weighted by molar-refractivity contribution is -0.0148. The van der Waals surface area contributed by atoms with Gasteiger partial charge in [0.05, 0.1) is 6.33 Å². The molecule has 0 N–H and O–H groups in total. The third-order valence-corrected chi connectivity index (χ3v) is 1.11. The van der Waals surface area contributed by atoms with E-state index < -0.39 is 24.9 Å². The molecule has 3 unspecified atom stereocenters. The molecule has 0 saturated heterocycles. The van der Waals surface area contributed by atoms with Crippen molar-refractivity contribution in [2.45, 2.75) is 24.9 Å². The molecule has 12 heavy (non-hydrogen) atoms. The summed E-state index contributed by atoms with van der Waals surface area (Å²) in [6.45, 7) is 0. The fourth-order valence-electron chi connectivity index (χ4n) is 0.490. The van der Waals surface area contributed by atoms with Gasteiger partial charge in [-0.25, -0.2) is 26.3 Å². The predicted octanol–water partition coefficient (Wildman–Crippen LogP) is 2.75. The molecular formula is C6H6F6. The van der Waals surface area contributed by atoms with Crippen LogP contribution in [0.3, 0.4) is 0 Å². The van der Waals surface area contributed by atoms with Gasteiger partial charge in [-0.15, -0.1) is 0 Å². The lowest BCUT2D eigenvalue weighted by Crippen LogP contribution is -2.32. The minimum absolute atomic E-state index is 0.0274. The number of hydrogen-bond donors (Lipinski definition) is 0. The summed E-state index contributed by atoms with van der Waals surface area (Å²) in [5.74, 6) is 0. The van der Waals surface area contributed by atoms with Gasteiger partial charge in [0.15, 0.2) is 18.5 Å². The van der Waals surface area contributed by atoms with Crippen molar-refractivity contribution in [3.8, 4) is 0 Å². The van der Waals surface area contributed by atoms with Crippen LogP contribution < -0.4 is 0 Å². The summed E-state index contributed by atoms with van der Waals surface area (Å²) in [4.78, 5) is 0. The van der Waals surface area contributed by atoms with E-state index in [1.807, 2.05) is 0 Å². The molecule has 3 atom stereocenters. The highest BCUT2D eigenvalue weighted by atomic mass is 19.3. The van der Waals surface area contributed by atoms with Crippen LogP contribution in [0.2, 0.25) is 0 Å². The maximum absolute atomic E-state index is 12.2. The van der Waals surface area contributed by atoms with E-state index in [0.29, 0.717) is 0 Å². The predicted molar refractivity (Wildman–Crippen MR) is 30.9 cm³/mol. The van der Waals surface area contributed by atoms with Crippen molar-refractivity contribution in [3.63, 3.8) is 0 Å². The standard InChI is InChI=1S/C6H6F6/c7-2-1-3(8)4(9)5(10)6(11)12/h1-6H. The molecule has 0 nitrogen and oxygen atoms in total. The van der Waals surface area contributed by atoms with Crippen LogP contribution in [0, 0.1) is 0 Å². The van der Waals surface area contributed by atoms with Gasteiger partial charge in [0.1, 0.15) is 0 Å². The van der Waals surface area contributed by atoms with Crippen LogP contribution >= 0.6 is 0 Å². The second-order valence-electron chi connectivity index (χ2n) is 1.99. The van der Waals surface area contributed by atoms with E-state index >= 15 is 0 Å². The van der Waals surface area contributed by atoms with E-state index in [4.69, 9.17) is 0 Å². The Hall–Kier alpha value is -0.680. The second kappa shape index (κ2) is 5.05. The minimum Gasteiger partial charge on any atom is -0.240 e. The highest BCUT2D eigenvalue weighted by molar-refractivity contribution is 4.91. The van der Waals surface area contributed by atoms with Crippen LogP contribution in [0.25, 0.3) is 0 Å². The summed E-state index contributed by atoms with van der Waals surface area (Å²) in [6.07, 6.45) is -12.9. The van der Waals surface area contributed by atoms with Crippen molar-refractivity contribution in [3.05, 3.63) is 12.4 Å². The summed E-state index contributed by atoms with van der Waals surface area (Å²) >= 11 is 0. The Balaban J connectivity index is 4.08. The maximum Gasteiger partial charge on any atom is 0.272 e. The quantitative estimate of drug-likeness (QED) is 0.601. The first kappa shape index (κ1) is 11.3. The van der Waals surface area contributed by atoms with Gasteiger partial charge in [0.2, 0.25) is 0 Å². The molecule has 0 fully saturated rings. The van der Waals surface area contributed by atoms with Crippen LogP contribution in [-0.2, 0) is 0 Å². The molecular weight excluding hydrogens is 186 g/mol. The molecule has 0 spiro atoms. The average molecular weight is 192 g/mol. The van der Waals surface area contributed by atoms with Crippen molar-refractivity contribution in [1.29, 1.82) is 0 Å². The van der Waals surface area contributed by atoms with Gasteiger partial charge >= 0.3 is 0 Å². The van der Waals surface area contributed by atoms with E-state index in [9.17, 15) is 26.3 Å². The van der Waals surface area contributed by atoms with Gasteiger partial charge in [-0.2, -0.15) is 0 Å². The molecule has 0 saturated carbocycles. The molecule has 0 radical (unpaired) electrons. The van der Waals surface area contributed by atoms with Crippen LogP contribution in [0.15, 0.2) is 12.4 Å². The normalized spacial score (nSPS) is 19.9. The first-order valence-corrected chi connectivity index (χ1v) is 2.98. The Kier molecular flexibility index (Phi) is 4.77. The summed E-state index contributed by atoms with van der Waals surface area (Å²) in [5.41, 5.74) is 0. The molecule has 0 bridgehead atoms. The van der Waals surface area contributed by atoms with Gasteiger partial charge in [-0.1, -0.05) is 0 Å². The van der Waals surface area contributed by atoms with Crippen LogP contribution in [0.5, 0.6) is 0 Å². The molecule has 6 heteroatoms. The Bertz CT molecular complexity index is 145. The number of alkyl halides is 5. The largest absolute Gasteiger partial charge is 0.272 e. The molecule has 0 aromatic heterocycles. The zero-order valence-corrected chi connectivity index (χ0v) is 5.73. The molecule has 72 valence electrons. The van der Waals surface area contributed by atoms with Crippen molar-refractivity contribution in [1.82, 2.24) is 0 Å². The highest BCUT2D eigenvalue weighted by Gasteiger charge is 2.35. The van der Waals surface area contributed by atoms with Gasteiger partial charge in [0, 0.05) is 0 Å². The summed E-state index contributed by atoms with van der Waals surface area (Å²) in [6, 6.07) is 0. The summed E-state index contributed by atoms with van der Waals surface area (Å²) < 4.78 is 70.2. The lowest BCUT2D eigenvalue weighted by Gasteiger charge is -2.13. The van der Waals surface area contributed by atoms with Crippen LogP contribution in [-0.4, -0.2) is 24.9 Å². The minimum atomic E-state index is -3.61. The lowest BCUT2D eigenvalue weighted by atomic mass is 10.1. The fourth-order valence-corrected chi connectivity index (χ4v) is 0.490. The number of rotatable bonds is 4. The Morgan fingerprint density at radius 3 is 1.67 bits per heavy atom. The maximum atomic E-state index is 12.2. The summed E-state index contributed by atoms with van der Waals surface area (Å²) in [7, 11) is 0. The van der Waals surface area contributed by atoms with E-state index in [2.05, 4.69) is 0 Å². The zero-order chi connectivity index (χ0) is 9.72. The molecule has 0 aliphatic carbocycles. The highest BCUT2D eigenvalue weighted by Crippen LogP contribution is 2.18. The molecule has 0 heterocycles. The smallest absolute Gasteiger partial charge is 0.240 e. The molecule has 0 rings (SSSR count). The van der Waals surface area contributed by atoms with Crippen molar-refractivity contribution in [2.24, 2.45) is 0 Å². The first-order valence-electron chi connectivity index (χ1n) is 2.98. The van der Waals surface area contributed by atoms with E-state index in [-0.39, 0.29) is 12.4 Å². The topological polar surface area (TPSA) is 0 Å². The number of allylic oxidation sites excluding steroid dienone is 1. The SMILES string of the molecule is FC=CC(F)C(F)C(F)C(F)F.